The molecule has 0 nitrogen and oxygen atoms in total. The van der Waals surface area contributed by atoms with Gasteiger partial charge in [-0.15, -0.1) is 96.4 Å². The van der Waals surface area contributed by atoms with Crippen LogP contribution in [-0.2, 0) is 26.2 Å². The second kappa shape index (κ2) is 16.5. The number of rotatable bonds is 0. The second-order valence-corrected chi connectivity index (χ2v) is 5.18. The summed E-state index contributed by atoms with van der Waals surface area (Å²) in [5, 5.41) is 5.32. The van der Waals surface area contributed by atoms with E-state index in [0.29, 0.717) is 0 Å². The molecule has 4 rings (SSSR count). The maximum absolute atomic E-state index is 3.37. The first-order valence-corrected chi connectivity index (χ1v) is 7.78. The van der Waals surface area contributed by atoms with E-state index in [2.05, 4.69) is 91.5 Å². The Labute approximate surface area is 186 Å². The number of halogens is 2. The van der Waals surface area contributed by atoms with E-state index in [0.717, 1.165) is 0 Å². The van der Waals surface area contributed by atoms with Gasteiger partial charge in [-0.1, -0.05) is 12.1 Å². The van der Waals surface area contributed by atoms with E-state index in [1.165, 1.54) is 21.5 Å². The molecule has 0 heterocycles. The molecular weight excluding hydrogens is 442 g/mol. The molecule has 0 spiro atoms. The van der Waals surface area contributed by atoms with Crippen LogP contribution in [0, 0.1) is 7.43 Å². The standard InChI is InChI=1S/2C9H7.C2H5Si.CH3.2ClH.Zr/c2*1-2-5-9-7-3-6-8(9)4-1;1-2-3;;;;/h2*1-7H;2H,1,3H2;1H3;2*1H;/q2*-1;;-1;;;+3. The monoisotopic (exact) mass is 464 g/mol. The first-order valence-electron chi connectivity index (χ1n) is 6.96. The molecule has 0 aromatic heterocycles. The van der Waals surface area contributed by atoms with Crippen molar-refractivity contribution < 1.29 is 26.2 Å². The van der Waals surface area contributed by atoms with Crippen molar-refractivity contribution in [1.82, 2.24) is 0 Å². The molecule has 130 valence electrons. The van der Waals surface area contributed by atoms with E-state index in [9.17, 15) is 0 Å². The predicted molar refractivity (Wildman–Crippen MR) is 119 cm³/mol. The third kappa shape index (κ3) is 9.37. The van der Waals surface area contributed by atoms with E-state index in [4.69, 9.17) is 0 Å². The molecule has 0 aliphatic carbocycles. The van der Waals surface area contributed by atoms with Crippen molar-refractivity contribution in [3.05, 3.63) is 105 Å². The van der Waals surface area contributed by atoms with E-state index in [1.807, 2.05) is 0 Å². The summed E-state index contributed by atoms with van der Waals surface area (Å²) in [6, 6.07) is 29.3. The molecule has 0 aliphatic rings. The quantitative estimate of drug-likeness (QED) is 0.215. The SMILES string of the molecule is C=C[SiH2].Cl.Cl.[CH3-].[Zr+3].c1ccc2[cH-]ccc2c1.c1ccc2[cH-]ccc2c1. The van der Waals surface area contributed by atoms with Gasteiger partial charge >= 0.3 is 26.2 Å². The third-order valence-corrected chi connectivity index (χ3v) is 3.10. The molecule has 25 heavy (non-hydrogen) atoms. The topological polar surface area (TPSA) is 0 Å². The Balaban J connectivity index is -0.000000295. The summed E-state index contributed by atoms with van der Waals surface area (Å²) >= 11 is 0. The van der Waals surface area contributed by atoms with Crippen LogP contribution in [0.5, 0.6) is 0 Å². The Morgan fingerprint density at radius 3 is 1.36 bits per heavy atom. The van der Waals surface area contributed by atoms with E-state index < -0.39 is 0 Å². The van der Waals surface area contributed by atoms with Crippen LogP contribution in [0.1, 0.15) is 0 Å². The molecule has 0 saturated heterocycles. The predicted octanol–water partition coefficient (Wildman–Crippen LogP) is 6.17. The average molecular weight is 467 g/mol. The normalized spacial score (nSPS) is 7.88. The summed E-state index contributed by atoms with van der Waals surface area (Å²) in [4.78, 5) is 0. The van der Waals surface area contributed by atoms with Crippen molar-refractivity contribution in [2.24, 2.45) is 0 Å². The zero-order valence-electron chi connectivity index (χ0n) is 14.4. The van der Waals surface area contributed by atoms with Gasteiger partial charge in [0, 0.05) is 10.2 Å². The molecule has 4 heteroatoms. The molecule has 4 aromatic rings. The summed E-state index contributed by atoms with van der Waals surface area (Å²) in [5.41, 5.74) is 1.78. The molecule has 0 fully saturated rings. The van der Waals surface area contributed by atoms with Crippen LogP contribution in [0.3, 0.4) is 0 Å². The minimum absolute atomic E-state index is 0. The zero-order chi connectivity index (χ0) is 14.9. The fourth-order valence-corrected chi connectivity index (χ4v) is 2.14. The van der Waals surface area contributed by atoms with Crippen molar-refractivity contribution in [3.8, 4) is 0 Å². The summed E-state index contributed by atoms with van der Waals surface area (Å²) in [7, 11) is 1.74. The van der Waals surface area contributed by atoms with Crippen LogP contribution in [0.2, 0.25) is 0 Å². The smallest absolute Gasteiger partial charge is 0.358 e. The van der Waals surface area contributed by atoms with Gasteiger partial charge in [0.05, 0.1) is 0 Å². The Hall–Kier alpha value is -0.920. The first-order chi connectivity index (χ1) is 10.3. The van der Waals surface area contributed by atoms with Crippen LogP contribution in [-0.4, -0.2) is 10.2 Å². The molecule has 0 N–H and O–H groups in total. The number of hydrogen-bond donors (Lipinski definition) is 0. The van der Waals surface area contributed by atoms with Crippen molar-refractivity contribution in [1.29, 1.82) is 0 Å². The van der Waals surface area contributed by atoms with Crippen LogP contribution < -0.4 is 0 Å². The van der Waals surface area contributed by atoms with Crippen molar-refractivity contribution in [2.75, 3.05) is 0 Å². The molecule has 0 atom stereocenters. The average Bonchev–Trinajstić information content (AvgIpc) is 3.17. The minimum atomic E-state index is 0. The fourth-order valence-electron chi connectivity index (χ4n) is 2.14. The maximum atomic E-state index is 3.37. The molecule has 0 aliphatic heterocycles. The zero-order valence-corrected chi connectivity index (χ0v) is 19.9. The Bertz CT molecular complexity index is 679. The molecule has 4 aromatic carbocycles. The Kier molecular flexibility index (Phi) is 19.1. The summed E-state index contributed by atoms with van der Waals surface area (Å²) in [6.07, 6.45) is 0. The molecule has 0 amide bonds. The molecule has 0 unspecified atom stereocenters. The van der Waals surface area contributed by atoms with Gasteiger partial charge in [0.15, 0.2) is 0 Å². The van der Waals surface area contributed by atoms with Gasteiger partial charge in [0.25, 0.3) is 0 Å². The Morgan fingerprint density at radius 1 is 0.720 bits per heavy atom. The van der Waals surface area contributed by atoms with Crippen molar-refractivity contribution in [3.63, 3.8) is 0 Å². The summed E-state index contributed by atoms with van der Waals surface area (Å²) < 4.78 is 0. The van der Waals surface area contributed by atoms with Gasteiger partial charge in [0.2, 0.25) is 0 Å². The largest absolute Gasteiger partial charge is 3.00 e. The van der Waals surface area contributed by atoms with E-state index in [1.54, 1.807) is 15.9 Å². The van der Waals surface area contributed by atoms with Crippen molar-refractivity contribution in [2.45, 2.75) is 0 Å². The molecule has 0 bridgehead atoms. The minimum Gasteiger partial charge on any atom is -0.358 e. The first kappa shape index (κ1) is 28.9. The number of hydrogen-bond acceptors (Lipinski definition) is 0. The third-order valence-electron chi connectivity index (χ3n) is 3.10. The van der Waals surface area contributed by atoms with Crippen LogP contribution in [0.4, 0.5) is 0 Å². The molecule has 2 radical (unpaired) electrons. The number of benzene rings is 2. The van der Waals surface area contributed by atoms with E-state index in [-0.39, 0.29) is 58.4 Å². The van der Waals surface area contributed by atoms with Crippen LogP contribution in [0.25, 0.3) is 21.5 Å². The van der Waals surface area contributed by atoms with Gasteiger partial charge in [-0.3, -0.25) is 0 Å². The van der Waals surface area contributed by atoms with Gasteiger partial charge in [-0.05, 0) is 0 Å². The Morgan fingerprint density at radius 2 is 1.04 bits per heavy atom. The summed E-state index contributed by atoms with van der Waals surface area (Å²) in [6.45, 7) is 3.37. The maximum Gasteiger partial charge on any atom is 3.00 e. The fraction of sp³-hybridized carbons (Fsp3) is 0. The van der Waals surface area contributed by atoms with Crippen LogP contribution in [0.15, 0.2) is 97.2 Å². The van der Waals surface area contributed by atoms with Gasteiger partial charge in [-0.2, -0.15) is 35.0 Å². The molecule has 0 saturated carbocycles. The van der Waals surface area contributed by atoms with Gasteiger partial charge < -0.3 is 7.43 Å². The summed E-state index contributed by atoms with van der Waals surface area (Å²) in [5.74, 6) is 0. The van der Waals surface area contributed by atoms with Gasteiger partial charge in [0.1, 0.15) is 0 Å². The molecular formula is C21H24Cl2SiZr. The van der Waals surface area contributed by atoms with Gasteiger partial charge in [-0.25, -0.2) is 0 Å². The van der Waals surface area contributed by atoms with Crippen LogP contribution >= 0.6 is 24.8 Å². The number of fused-ring (bicyclic) bond motifs is 2. The van der Waals surface area contributed by atoms with E-state index >= 15 is 0 Å². The van der Waals surface area contributed by atoms with Crippen molar-refractivity contribution >= 4 is 56.6 Å². The second-order valence-electron chi connectivity index (χ2n) is 4.60.